The Kier molecular flexibility index (Phi) is 4.56. The van der Waals surface area contributed by atoms with Crippen LogP contribution in [0, 0.1) is 0 Å². The van der Waals surface area contributed by atoms with E-state index in [1.807, 2.05) is 0 Å². The SMILES string of the molecule is O=C(OC(=O)C(F)(F)C(F)F)C(F)CF. The molecule has 0 bridgehead atoms. The lowest BCUT2D eigenvalue weighted by Gasteiger charge is -2.12. The topological polar surface area (TPSA) is 43.4 Å². The van der Waals surface area contributed by atoms with Gasteiger partial charge >= 0.3 is 24.3 Å². The summed E-state index contributed by atoms with van der Waals surface area (Å²) in [7, 11) is 0. The van der Waals surface area contributed by atoms with Gasteiger partial charge in [0.25, 0.3) is 0 Å². The van der Waals surface area contributed by atoms with Crippen LogP contribution < -0.4 is 0 Å². The summed E-state index contributed by atoms with van der Waals surface area (Å²) in [6.07, 6.45) is -7.36. The van der Waals surface area contributed by atoms with Crippen LogP contribution in [0.5, 0.6) is 0 Å². The zero-order valence-electron chi connectivity index (χ0n) is 6.85. The Labute approximate surface area is 79.0 Å². The number of halogens is 6. The summed E-state index contributed by atoms with van der Waals surface area (Å²) in [5, 5.41) is 0. The number of carbonyl (C=O) groups is 2. The van der Waals surface area contributed by atoms with E-state index in [1.165, 1.54) is 0 Å². The van der Waals surface area contributed by atoms with Crippen LogP contribution in [0.25, 0.3) is 0 Å². The minimum Gasteiger partial charge on any atom is -0.386 e. The molecule has 1 unspecified atom stereocenters. The highest BCUT2D eigenvalue weighted by atomic mass is 19.3. The van der Waals surface area contributed by atoms with E-state index < -0.39 is 37.1 Å². The second-order valence-corrected chi connectivity index (χ2v) is 2.25. The molecular formula is C6H4F6O3. The minimum absolute atomic E-state index is 1.91. The number of hydrogen-bond acceptors (Lipinski definition) is 3. The molecule has 9 heteroatoms. The highest BCUT2D eigenvalue weighted by molar-refractivity contribution is 5.91. The first-order chi connectivity index (χ1) is 6.73. The molecule has 0 aliphatic rings. The van der Waals surface area contributed by atoms with Crippen molar-refractivity contribution in [3.63, 3.8) is 0 Å². The molecule has 15 heavy (non-hydrogen) atoms. The Morgan fingerprint density at radius 1 is 1.20 bits per heavy atom. The van der Waals surface area contributed by atoms with Gasteiger partial charge in [-0.05, 0) is 0 Å². The molecule has 0 aromatic rings. The second-order valence-electron chi connectivity index (χ2n) is 2.25. The van der Waals surface area contributed by atoms with Gasteiger partial charge in [-0.3, -0.25) is 0 Å². The molecule has 88 valence electrons. The van der Waals surface area contributed by atoms with E-state index in [4.69, 9.17) is 0 Å². The van der Waals surface area contributed by atoms with Gasteiger partial charge in [0.05, 0.1) is 0 Å². The predicted octanol–water partition coefficient (Wildman–Crippen LogP) is 1.26. The first kappa shape index (κ1) is 13.7. The third kappa shape index (κ3) is 3.40. The molecule has 0 aromatic carbocycles. The third-order valence-corrected chi connectivity index (χ3v) is 1.13. The summed E-state index contributed by atoms with van der Waals surface area (Å²) < 4.78 is 73.5. The highest BCUT2D eigenvalue weighted by Gasteiger charge is 2.52. The Morgan fingerprint density at radius 3 is 2.00 bits per heavy atom. The van der Waals surface area contributed by atoms with Crippen molar-refractivity contribution in [2.45, 2.75) is 18.5 Å². The second kappa shape index (κ2) is 4.99. The summed E-state index contributed by atoms with van der Waals surface area (Å²) in [6.45, 7) is -1.91. The molecule has 0 N–H and O–H groups in total. The molecule has 0 spiro atoms. The van der Waals surface area contributed by atoms with Crippen molar-refractivity contribution < 1.29 is 40.7 Å². The van der Waals surface area contributed by atoms with Gasteiger partial charge < -0.3 is 4.74 Å². The van der Waals surface area contributed by atoms with Crippen molar-refractivity contribution in [2.75, 3.05) is 6.67 Å². The number of hydrogen-bond donors (Lipinski definition) is 0. The van der Waals surface area contributed by atoms with E-state index in [2.05, 4.69) is 4.74 Å². The zero-order chi connectivity index (χ0) is 12.2. The summed E-state index contributed by atoms with van der Waals surface area (Å²) in [6, 6.07) is 0. The first-order valence-corrected chi connectivity index (χ1v) is 3.35. The van der Waals surface area contributed by atoms with Gasteiger partial charge in [0.2, 0.25) is 6.17 Å². The first-order valence-electron chi connectivity index (χ1n) is 3.35. The number of rotatable bonds is 4. The molecule has 0 aromatic heterocycles. The third-order valence-electron chi connectivity index (χ3n) is 1.13. The van der Waals surface area contributed by atoms with E-state index in [0.717, 1.165) is 0 Å². The van der Waals surface area contributed by atoms with Crippen LogP contribution >= 0.6 is 0 Å². The summed E-state index contributed by atoms with van der Waals surface area (Å²) in [4.78, 5) is 20.4. The van der Waals surface area contributed by atoms with Crippen molar-refractivity contribution in [3.05, 3.63) is 0 Å². The fraction of sp³-hybridized carbons (Fsp3) is 0.667. The molecule has 0 aliphatic carbocycles. The van der Waals surface area contributed by atoms with Crippen molar-refractivity contribution >= 4 is 11.9 Å². The monoisotopic (exact) mass is 238 g/mol. The number of esters is 2. The van der Waals surface area contributed by atoms with Crippen molar-refractivity contribution in [3.8, 4) is 0 Å². The van der Waals surface area contributed by atoms with Gasteiger partial charge in [-0.1, -0.05) is 0 Å². The largest absolute Gasteiger partial charge is 0.402 e. The minimum atomic E-state index is -5.23. The molecule has 0 saturated carbocycles. The van der Waals surface area contributed by atoms with Crippen LogP contribution in [-0.4, -0.2) is 37.1 Å². The van der Waals surface area contributed by atoms with Crippen LogP contribution in [0.2, 0.25) is 0 Å². The average molecular weight is 238 g/mol. The molecule has 1 atom stereocenters. The standard InChI is InChI=1S/C6H4F6O3/c7-1-2(8)3(13)15-5(14)6(11,12)4(9)10/h2,4H,1H2. The molecular weight excluding hydrogens is 234 g/mol. The highest BCUT2D eigenvalue weighted by Crippen LogP contribution is 2.24. The maximum absolute atomic E-state index is 12.1. The van der Waals surface area contributed by atoms with E-state index >= 15 is 0 Å². The summed E-state index contributed by atoms with van der Waals surface area (Å²) >= 11 is 0. The van der Waals surface area contributed by atoms with Crippen LogP contribution in [0.3, 0.4) is 0 Å². The molecule has 0 saturated heterocycles. The van der Waals surface area contributed by atoms with Gasteiger partial charge in [-0.25, -0.2) is 27.2 Å². The fourth-order valence-electron chi connectivity index (χ4n) is 0.375. The van der Waals surface area contributed by atoms with Crippen LogP contribution in [-0.2, 0) is 14.3 Å². The molecule has 0 heterocycles. The molecule has 0 radical (unpaired) electrons. The zero-order valence-corrected chi connectivity index (χ0v) is 6.85. The molecule has 0 amide bonds. The van der Waals surface area contributed by atoms with Crippen LogP contribution in [0.4, 0.5) is 26.3 Å². The van der Waals surface area contributed by atoms with Crippen molar-refractivity contribution in [1.29, 1.82) is 0 Å². The Morgan fingerprint density at radius 2 is 1.67 bits per heavy atom. The lowest BCUT2D eigenvalue weighted by Crippen LogP contribution is -2.40. The van der Waals surface area contributed by atoms with Gasteiger partial charge in [0.1, 0.15) is 6.67 Å². The summed E-state index contributed by atoms with van der Waals surface area (Å²) in [5.41, 5.74) is 0. The molecule has 0 rings (SSSR count). The van der Waals surface area contributed by atoms with E-state index in [9.17, 15) is 35.9 Å². The molecule has 3 nitrogen and oxygen atoms in total. The fourth-order valence-corrected chi connectivity index (χ4v) is 0.375. The Bertz CT molecular complexity index is 253. The van der Waals surface area contributed by atoms with Crippen molar-refractivity contribution in [2.24, 2.45) is 0 Å². The predicted molar refractivity (Wildman–Crippen MR) is 32.9 cm³/mol. The maximum Gasteiger partial charge on any atom is 0.402 e. The van der Waals surface area contributed by atoms with Crippen molar-refractivity contribution in [1.82, 2.24) is 0 Å². The Hall–Kier alpha value is -1.28. The van der Waals surface area contributed by atoms with Crippen LogP contribution in [0.15, 0.2) is 0 Å². The van der Waals surface area contributed by atoms with Gasteiger partial charge in [0.15, 0.2) is 0 Å². The normalized spacial score (nSPS) is 13.8. The van der Waals surface area contributed by atoms with Gasteiger partial charge in [-0.15, -0.1) is 0 Å². The quantitative estimate of drug-likeness (QED) is 0.420. The van der Waals surface area contributed by atoms with E-state index in [-0.39, 0.29) is 0 Å². The van der Waals surface area contributed by atoms with E-state index in [1.54, 1.807) is 0 Å². The summed E-state index contributed by atoms with van der Waals surface area (Å²) in [5.74, 6) is -10.4. The number of ether oxygens (including phenoxy) is 1. The number of alkyl halides is 6. The lowest BCUT2D eigenvalue weighted by atomic mass is 10.3. The van der Waals surface area contributed by atoms with Gasteiger partial charge in [0, 0.05) is 0 Å². The lowest BCUT2D eigenvalue weighted by molar-refractivity contribution is -0.198. The molecule has 0 aliphatic heterocycles. The average Bonchev–Trinajstić information content (AvgIpc) is 2.15. The maximum atomic E-state index is 12.1. The smallest absolute Gasteiger partial charge is 0.386 e. The van der Waals surface area contributed by atoms with Gasteiger partial charge in [-0.2, -0.15) is 8.78 Å². The van der Waals surface area contributed by atoms with E-state index in [0.29, 0.717) is 0 Å². The number of carbonyl (C=O) groups excluding carboxylic acids is 2. The van der Waals surface area contributed by atoms with Crippen LogP contribution in [0.1, 0.15) is 0 Å². The molecule has 0 fully saturated rings. The Balaban J connectivity index is 4.44.